The Kier molecular flexibility index (Phi) is 12.0. The molecule has 1 aliphatic heterocycles. The van der Waals surface area contributed by atoms with Crippen LogP contribution in [0.3, 0.4) is 0 Å². The van der Waals surface area contributed by atoms with E-state index in [1.165, 1.54) is 11.1 Å². The standard InChI is InChI=1S/C29H35Cl2N5O5/c1-36-17-24(23-14-22(30)15-26(31)25(23)18-36)20-3-2-4-21(13-20)27-16-28(35-19-34-27)32-5-7-39-9-11-41-12-10-40-8-6-33-29(37)38/h2-4,13-16,19,24,33H,5-12,17-18H2,1H3,(H,37,38)(H,32,34,35)/t24-/m0/s1. The molecule has 0 radical (unpaired) electrons. The third kappa shape index (κ3) is 9.53. The average Bonchev–Trinajstić information content (AvgIpc) is 2.95. The molecule has 2 heterocycles. The number of halogens is 2. The minimum absolute atomic E-state index is 0.147. The van der Waals surface area contributed by atoms with E-state index in [-0.39, 0.29) is 12.5 Å². The molecule has 1 aromatic heterocycles. The van der Waals surface area contributed by atoms with Gasteiger partial charge >= 0.3 is 6.09 Å². The molecule has 3 aromatic rings. The second kappa shape index (κ2) is 15.9. The van der Waals surface area contributed by atoms with Gasteiger partial charge in [0.25, 0.3) is 0 Å². The molecule has 10 nitrogen and oxygen atoms in total. The molecule has 220 valence electrons. The lowest BCUT2D eigenvalue weighted by Gasteiger charge is -2.33. The van der Waals surface area contributed by atoms with Crippen molar-refractivity contribution in [3.63, 3.8) is 0 Å². The molecule has 4 rings (SSSR count). The quantitative estimate of drug-likeness (QED) is 0.211. The van der Waals surface area contributed by atoms with Gasteiger partial charge in [-0.1, -0.05) is 41.4 Å². The predicted octanol–water partition coefficient (Wildman–Crippen LogP) is 4.76. The average molecular weight is 605 g/mol. The highest BCUT2D eigenvalue weighted by molar-refractivity contribution is 6.35. The Labute approximate surface area is 249 Å². The molecule has 3 N–H and O–H groups in total. The van der Waals surface area contributed by atoms with Crippen molar-refractivity contribution in [3.05, 3.63) is 75.5 Å². The van der Waals surface area contributed by atoms with Gasteiger partial charge in [-0.15, -0.1) is 0 Å². The number of aromatic nitrogens is 2. The zero-order chi connectivity index (χ0) is 29.0. The van der Waals surface area contributed by atoms with Crippen molar-refractivity contribution in [1.29, 1.82) is 0 Å². The van der Waals surface area contributed by atoms with Gasteiger partial charge in [-0.05, 0) is 41.9 Å². The Morgan fingerprint density at radius 2 is 1.73 bits per heavy atom. The van der Waals surface area contributed by atoms with Gasteiger partial charge in [-0.2, -0.15) is 0 Å². The molecule has 0 bridgehead atoms. The van der Waals surface area contributed by atoms with E-state index in [1.807, 2.05) is 18.2 Å². The number of carboxylic acid groups (broad SMARTS) is 1. The van der Waals surface area contributed by atoms with E-state index in [4.69, 9.17) is 42.5 Å². The number of carbonyl (C=O) groups is 1. The van der Waals surface area contributed by atoms with Gasteiger partial charge in [0.15, 0.2) is 0 Å². The van der Waals surface area contributed by atoms with Gasteiger partial charge in [0, 0.05) is 53.8 Å². The van der Waals surface area contributed by atoms with E-state index in [9.17, 15) is 4.79 Å². The number of fused-ring (bicyclic) bond motifs is 1. The first-order valence-corrected chi connectivity index (χ1v) is 14.2. The maximum Gasteiger partial charge on any atom is 0.404 e. The van der Waals surface area contributed by atoms with Crippen molar-refractivity contribution in [2.45, 2.75) is 12.5 Å². The molecule has 0 aliphatic carbocycles. The SMILES string of the molecule is CN1Cc2c(Cl)cc(Cl)cc2[C@H](c2cccc(-c3cc(NCCOCCOCCOCCNC(=O)O)ncn3)c2)C1. The smallest absolute Gasteiger partial charge is 0.404 e. The largest absolute Gasteiger partial charge is 0.465 e. The summed E-state index contributed by atoms with van der Waals surface area (Å²) in [6.45, 7) is 5.04. The number of hydrogen-bond donors (Lipinski definition) is 3. The highest BCUT2D eigenvalue weighted by Gasteiger charge is 2.27. The van der Waals surface area contributed by atoms with Crippen LogP contribution in [-0.2, 0) is 20.8 Å². The number of ether oxygens (including phenoxy) is 3. The Hall–Kier alpha value is -2.99. The molecule has 0 fully saturated rings. The third-order valence-corrected chi connectivity index (χ3v) is 7.12. The van der Waals surface area contributed by atoms with Crippen LogP contribution in [0.1, 0.15) is 22.6 Å². The Morgan fingerprint density at radius 1 is 1.00 bits per heavy atom. The second-order valence-corrected chi connectivity index (χ2v) is 10.5. The topological polar surface area (TPSA) is 118 Å². The number of amides is 1. The van der Waals surface area contributed by atoms with Gasteiger partial charge in [0.05, 0.1) is 45.3 Å². The molecule has 12 heteroatoms. The minimum atomic E-state index is -1.06. The van der Waals surface area contributed by atoms with Crippen LogP contribution in [-0.4, -0.2) is 92.4 Å². The summed E-state index contributed by atoms with van der Waals surface area (Å²) < 4.78 is 16.3. The van der Waals surface area contributed by atoms with Crippen LogP contribution in [0.15, 0.2) is 48.8 Å². The lowest BCUT2D eigenvalue weighted by atomic mass is 9.84. The zero-order valence-electron chi connectivity index (χ0n) is 22.9. The molecular weight excluding hydrogens is 569 g/mol. The van der Waals surface area contributed by atoms with E-state index in [1.54, 1.807) is 6.33 Å². The summed E-state index contributed by atoms with van der Waals surface area (Å²) >= 11 is 12.9. The third-order valence-electron chi connectivity index (χ3n) is 6.56. The maximum atomic E-state index is 10.3. The van der Waals surface area contributed by atoms with Gasteiger partial charge in [-0.25, -0.2) is 14.8 Å². The molecule has 41 heavy (non-hydrogen) atoms. The summed E-state index contributed by atoms with van der Waals surface area (Å²) in [6.07, 6.45) is 0.497. The van der Waals surface area contributed by atoms with E-state index < -0.39 is 6.09 Å². The fraction of sp³-hybridized carbons (Fsp3) is 0.414. The van der Waals surface area contributed by atoms with Crippen LogP contribution in [0.5, 0.6) is 0 Å². The Morgan fingerprint density at radius 3 is 2.49 bits per heavy atom. The van der Waals surface area contributed by atoms with Crippen LogP contribution in [0, 0.1) is 0 Å². The maximum absolute atomic E-state index is 10.3. The van der Waals surface area contributed by atoms with Crippen molar-refractivity contribution < 1.29 is 24.1 Å². The fourth-order valence-corrected chi connectivity index (χ4v) is 5.25. The first-order valence-electron chi connectivity index (χ1n) is 13.4. The summed E-state index contributed by atoms with van der Waals surface area (Å²) in [4.78, 5) is 21.5. The number of hydrogen-bond acceptors (Lipinski definition) is 8. The van der Waals surface area contributed by atoms with Gasteiger partial charge in [0.2, 0.25) is 0 Å². The Balaban J connectivity index is 1.23. The first-order chi connectivity index (χ1) is 19.9. The molecule has 0 saturated carbocycles. The number of nitrogens with zero attached hydrogens (tertiary/aromatic N) is 3. The van der Waals surface area contributed by atoms with Crippen molar-refractivity contribution in [2.24, 2.45) is 0 Å². The molecule has 0 unspecified atom stereocenters. The van der Waals surface area contributed by atoms with E-state index in [0.717, 1.165) is 35.7 Å². The van der Waals surface area contributed by atoms with Gasteiger partial charge < -0.3 is 34.9 Å². The normalized spacial score (nSPS) is 15.0. The first kappa shape index (κ1) is 31.0. The highest BCUT2D eigenvalue weighted by atomic mass is 35.5. The number of anilines is 1. The zero-order valence-corrected chi connectivity index (χ0v) is 24.5. The fourth-order valence-electron chi connectivity index (χ4n) is 4.68. The lowest BCUT2D eigenvalue weighted by molar-refractivity contribution is 0.0171. The van der Waals surface area contributed by atoms with Gasteiger partial charge in [-0.3, -0.25) is 0 Å². The number of nitrogens with one attached hydrogen (secondary N) is 2. The van der Waals surface area contributed by atoms with Crippen LogP contribution in [0.25, 0.3) is 11.3 Å². The van der Waals surface area contributed by atoms with E-state index in [0.29, 0.717) is 56.2 Å². The van der Waals surface area contributed by atoms with Gasteiger partial charge in [0.1, 0.15) is 12.1 Å². The number of likely N-dealkylation sites (N-methyl/N-ethyl adjacent to an activating group) is 1. The summed E-state index contributed by atoms with van der Waals surface area (Å²) in [5.74, 6) is 0.866. The molecule has 0 saturated heterocycles. The molecule has 0 spiro atoms. The van der Waals surface area contributed by atoms with Crippen LogP contribution in [0.2, 0.25) is 10.0 Å². The number of rotatable bonds is 15. The summed E-state index contributed by atoms with van der Waals surface area (Å²) in [6, 6.07) is 14.2. The monoisotopic (exact) mass is 603 g/mol. The molecule has 2 aromatic carbocycles. The van der Waals surface area contributed by atoms with E-state index >= 15 is 0 Å². The van der Waals surface area contributed by atoms with Crippen molar-refractivity contribution in [1.82, 2.24) is 20.2 Å². The predicted molar refractivity (Wildman–Crippen MR) is 159 cm³/mol. The van der Waals surface area contributed by atoms with Crippen molar-refractivity contribution >= 4 is 35.1 Å². The highest BCUT2D eigenvalue weighted by Crippen LogP contribution is 2.39. The van der Waals surface area contributed by atoms with Crippen LogP contribution >= 0.6 is 23.2 Å². The molecule has 1 aliphatic rings. The summed E-state index contributed by atoms with van der Waals surface area (Å²) in [7, 11) is 2.10. The summed E-state index contributed by atoms with van der Waals surface area (Å²) in [5.41, 5.74) is 5.31. The second-order valence-electron chi connectivity index (χ2n) is 9.61. The summed E-state index contributed by atoms with van der Waals surface area (Å²) in [5, 5.41) is 15.3. The Bertz CT molecular complexity index is 1300. The van der Waals surface area contributed by atoms with E-state index in [2.05, 4.69) is 56.8 Å². The van der Waals surface area contributed by atoms with Crippen molar-refractivity contribution in [2.75, 3.05) is 71.6 Å². The lowest BCUT2D eigenvalue weighted by Crippen LogP contribution is -2.31. The number of benzene rings is 2. The molecule has 1 atom stereocenters. The van der Waals surface area contributed by atoms with Crippen LogP contribution in [0.4, 0.5) is 10.6 Å². The van der Waals surface area contributed by atoms with Crippen LogP contribution < -0.4 is 10.6 Å². The van der Waals surface area contributed by atoms with Crippen molar-refractivity contribution in [3.8, 4) is 11.3 Å². The minimum Gasteiger partial charge on any atom is -0.465 e. The molecule has 1 amide bonds. The molecular formula is C29H35Cl2N5O5.